The zero-order valence-electron chi connectivity index (χ0n) is 18.6. The van der Waals surface area contributed by atoms with Crippen LogP contribution in [0.5, 0.6) is 0 Å². The molecular formula is C26H47N. The average molecular weight is 374 g/mol. The molecule has 1 nitrogen and oxygen atoms in total. The molecule has 0 aliphatic rings. The molecule has 0 fully saturated rings. The van der Waals surface area contributed by atoms with Crippen LogP contribution in [0.1, 0.15) is 129 Å². The fourth-order valence-electron chi connectivity index (χ4n) is 4.04. The second kappa shape index (κ2) is 15.1. The van der Waals surface area contributed by atoms with E-state index in [-0.39, 0.29) is 11.5 Å². The lowest BCUT2D eigenvalue weighted by Gasteiger charge is -2.32. The van der Waals surface area contributed by atoms with E-state index in [4.69, 9.17) is 5.73 Å². The third-order valence-corrected chi connectivity index (χ3v) is 6.18. The lowest BCUT2D eigenvalue weighted by molar-refractivity contribution is 0.255. The van der Waals surface area contributed by atoms with E-state index in [0.29, 0.717) is 0 Å². The first kappa shape index (κ1) is 24.2. The van der Waals surface area contributed by atoms with Crippen molar-refractivity contribution in [3.63, 3.8) is 0 Å². The summed E-state index contributed by atoms with van der Waals surface area (Å²) in [6.45, 7) is 6.94. The summed E-state index contributed by atoms with van der Waals surface area (Å²) >= 11 is 0. The minimum Gasteiger partial charge on any atom is -0.324 e. The van der Waals surface area contributed by atoms with Gasteiger partial charge in [0.2, 0.25) is 0 Å². The standard InChI is InChI=1S/C26H47N/c1-4-5-6-7-8-9-10-11-12-13-14-15-16-20-23-26(2,3)25(27)24-21-18-17-19-22-24/h17-19,21-22,25H,4-16,20,23,27H2,1-3H3. The summed E-state index contributed by atoms with van der Waals surface area (Å²) in [7, 11) is 0. The molecule has 0 bridgehead atoms. The molecule has 0 spiro atoms. The van der Waals surface area contributed by atoms with Crippen molar-refractivity contribution in [1.29, 1.82) is 0 Å². The van der Waals surface area contributed by atoms with Gasteiger partial charge in [0.1, 0.15) is 0 Å². The Kier molecular flexibility index (Phi) is 13.6. The van der Waals surface area contributed by atoms with E-state index in [1.807, 2.05) is 0 Å². The number of unbranched alkanes of at least 4 members (excludes halogenated alkanes) is 13. The van der Waals surface area contributed by atoms with Crippen LogP contribution < -0.4 is 5.73 Å². The first-order chi connectivity index (χ1) is 13.1. The lowest BCUT2D eigenvalue weighted by Crippen LogP contribution is -2.29. The fourth-order valence-corrected chi connectivity index (χ4v) is 4.04. The van der Waals surface area contributed by atoms with E-state index in [2.05, 4.69) is 51.1 Å². The normalized spacial score (nSPS) is 13.0. The van der Waals surface area contributed by atoms with Crippen LogP contribution in [0.4, 0.5) is 0 Å². The van der Waals surface area contributed by atoms with E-state index in [0.717, 1.165) is 0 Å². The second-order valence-electron chi connectivity index (χ2n) is 9.22. The summed E-state index contributed by atoms with van der Waals surface area (Å²) in [5.41, 5.74) is 7.98. The van der Waals surface area contributed by atoms with Crippen LogP contribution in [0.15, 0.2) is 30.3 Å². The minimum absolute atomic E-state index is 0.140. The highest BCUT2D eigenvalue weighted by Crippen LogP contribution is 2.36. The smallest absolute Gasteiger partial charge is 0.0346 e. The molecule has 0 aromatic heterocycles. The van der Waals surface area contributed by atoms with Crippen LogP contribution in [0.25, 0.3) is 0 Å². The maximum Gasteiger partial charge on any atom is 0.0346 e. The molecule has 156 valence electrons. The van der Waals surface area contributed by atoms with E-state index in [9.17, 15) is 0 Å². The molecule has 27 heavy (non-hydrogen) atoms. The molecule has 0 aliphatic heterocycles. The SMILES string of the molecule is CCCCCCCCCCCCCCCCC(C)(C)C(N)c1ccccc1. The molecule has 0 saturated heterocycles. The Hall–Kier alpha value is -0.820. The number of benzene rings is 1. The molecule has 0 saturated carbocycles. The maximum absolute atomic E-state index is 6.53. The monoisotopic (exact) mass is 373 g/mol. The van der Waals surface area contributed by atoms with Gasteiger partial charge >= 0.3 is 0 Å². The zero-order valence-corrected chi connectivity index (χ0v) is 18.6. The topological polar surface area (TPSA) is 26.0 Å². The molecule has 2 N–H and O–H groups in total. The lowest BCUT2D eigenvalue weighted by atomic mass is 9.77. The third kappa shape index (κ3) is 11.6. The Balaban J connectivity index is 1.95. The fraction of sp³-hybridized carbons (Fsp3) is 0.769. The molecule has 1 heteroatoms. The van der Waals surface area contributed by atoms with E-state index >= 15 is 0 Å². The summed E-state index contributed by atoms with van der Waals surface area (Å²) in [5, 5.41) is 0. The maximum atomic E-state index is 6.53. The minimum atomic E-state index is 0.140. The number of hydrogen-bond donors (Lipinski definition) is 1. The summed E-state index contributed by atoms with van der Waals surface area (Å²) in [6, 6.07) is 10.7. The van der Waals surface area contributed by atoms with Crippen molar-refractivity contribution in [3.05, 3.63) is 35.9 Å². The predicted molar refractivity (Wildman–Crippen MR) is 122 cm³/mol. The van der Waals surface area contributed by atoms with Gasteiger partial charge in [-0.25, -0.2) is 0 Å². The molecule has 1 rings (SSSR count). The molecule has 1 unspecified atom stereocenters. The summed E-state index contributed by atoms with van der Waals surface area (Å²) < 4.78 is 0. The molecule has 1 atom stereocenters. The van der Waals surface area contributed by atoms with Crippen LogP contribution in [0, 0.1) is 5.41 Å². The van der Waals surface area contributed by atoms with Gasteiger partial charge in [-0.1, -0.05) is 141 Å². The van der Waals surface area contributed by atoms with E-state index in [1.165, 1.54) is 102 Å². The Morgan fingerprint density at radius 3 is 1.52 bits per heavy atom. The molecular weight excluding hydrogens is 326 g/mol. The number of nitrogens with two attached hydrogens (primary N) is 1. The summed E-state index contributed by atoms with van der Waals surface area (Å²) in [6.07, 6.45) is 21.1. The first-order valence-corrected chi connectivity index (χ1v) is 11.9. The van der Waals surface area contributed by atoms with Crippen molar-refractivity contribution in [2.75, 3.05) is 0 Å². The molecule has 0 radical (unpaired) electrons. The van der Waals surface area contributed by atoms with Crippen LogP contribution in [-0.4, -0.2) is 0 Å². The van der Waals surface area contributed by atoms with Gasteiger partial charge in [0.15, 0.2) is 0 Å². The van der Waals surface area contributed by atoms with Gasteiger partial charge in [-0.15, -0.1) is 0 Å². The molecule has 1 aromatic carbocycles. The highest BCUT2D eigenvalue weighted by atomic mass is 14.7. The van der Waals surface area contributed by atoms with Gasteiger partial charge in [-0.2, -0.15) is 0 Å². The molecule has 0 amide bonds. The number of hydrogen-bond acceptors (Lipinski definition) is 1. The summed E-state index contributed by atoms with van der Waals surface area (Å²) in [5.74, 6) is 0. The predicted octanol–water partition coefficient (Wildman–Crippen LogP) is 8.58. The van der Waals surface area contributed by atoms with Crippen molar-refractivity contribution in [3.8, 4) is 0 Å². The Morgan fingerprint density at radius 1 is 0.667 bits per heavy atom. The van der Waals surface area contributed by atoms with Gasteiger partial charge in [-0.3, -0.25) is 0 Å². The van der Waals surface area contributed by atoms with Crippen molar-refractivity contribution >= 4 is 0 Å². The first-order valence-electron chi connectivity index (χ1n) is 11.9. The van der Waals surface area contributed by atoms with Crippen LogP contribution in [0.2, 0.25) is 0 Å². The Morgan fingerprint density at radius 2 is 1.07 bits per heavy atom. The summed E-state index contributed by atoms with van der Waals surface area (Å²) in [4.78, 5) is 0. The van der Waals surface area contributed by atoms with Crippen LogP contribution in [-0.2, 0) is 0 Å². The van der Waals surface area contributed by atoms with Crippen molar-refractivity contribution in [1.82, 2.24) is 0 Å². The van der Waals surface area contributed by atoms with Crippen molar-refractivity contribution in [2.45, 2.75) is 123 Å². The molecule has 0 aliphatic carbocycles. The second-order valence-corrected chi connectivity index (χ2v) is 9.22. The molecule has 1 aromatic rings. The van der Waals surface area contributed by atoms with Gasteiger partial charge in [0, 0.05) is 6.04 Å². The van der Waals surface area contributed by atoms with Crippen molar-refractivity contribution in [2.24, 2.45) is 11.1 Å². The largest absolute Gasteiger partial charge is 0.324 e. The number of rotatable bonds is 17. The average Bonchev–Trinajstić information content (AvgIpc) is 2.68. The van der Waals surface area contributed by atoms with E-state index in [1.54, 1.807) is 0 Å². The van der Waals surface area contributed by atoms with Crippen LogP contribution >= 0.6 is 0 Å². The van der Waals surface area contributed by atoms with Gasteiger partial charge in [-0.05, 0) is 17.4 Å². The highest BCUT2D eigenvalue weighted by molar-refractivity contribution is 5.20. The molecule has 0 heterocycles. The quantitative estimate of drug-likeness (QED) is 0.272. The third-order valence-electron chi connectivity index (χ3n) is 6.18. The van der Waals surface area contributed by atoms with Crippen LogP contribution in [0.3, 0.4) is 0 Å². The van der Waals surface area contributed by atoms with E-state index < -0.39 is 0 Å². The van der Waals surface area contributed by atoms with Gasteiger partial charge in [0.05, 0.1) is 0 Å². The zero-order chi connectivity index (χ0) is 19.8. The Bertz CT molecular complexity index is 437. The van der Waals surface area contributed by atoms with Gasteiger partial charge in [0.25, 0.3) is 0 Å². The highest BCUT2D eigenvalue weighted by Gasteiger charge is 2.26. The van der Waals surface area contributed by atoms with Gasteiger partial charge < -0.3 is 5.73 Å². The van der Waals surface area contributed by atoms with Crippen molar-refractivity contribution < 1.29 is 0 Å². The Labute approximate surface area is 170 Å².